The zero-order valence-corrected chi connectivity index (χ0v) is 20.3. The van der Waals surface area contributed by atoms with Gasteiger partial charge in [-0.1, -0.05) is 54.1 Å². The van der Waals surface area contributed by atoms with Crippen LogP contribution in [0.25, 0.3) is 11.1 Å². The third-order valence-electron chi connectivity index (χ3n) is 6.61. The third kappa shape index (κ3) is 4.84. The van der Waals surface area contributed by atoms with Crippen LogP contribution in [0.3, 0.4) is 0 Å². The number of methoxy groups -OCH3 is 2. The van der Waals surface area contributed by atoms with Gasteiger partial charge >= 0.3 is 5.97 Å². The zero-order valence-electron chi connectivity index (χ0n) is 20.3. The van der Waals surface area contributed by atoms with Gasteiger partial charge in [0.15, 0.2) is 0 Å². The van der Waals surface area contributed by atoms with E-state index in [2.05, 4.69) is 43.3 Å². The fourth-order valence-corrected chi connectivity index (χ4v) is 4.91. The minimum Gasteiger partial charge on any atom is -0.496 e. The summed E-state index contributed by atoms with van der Waals surface area (Å²) >= 11 is 0. The number of amides is 1. The van der Waals surface area contributed by atoms with E-state index >= 15 is 0 Å². The van der Waals surface area contributed by atoms with E-state index in [0.717, 1.165) is 46.4 Å². The Morgan fingerprint density at radius 2 is 1.79 bits per heavy atom. The molecular formula is C29H31NO4. The standard InChI is InChI=1S/C29H31NO4/c1-19-9-12-24(26-16-21(17-29(32)34-4)10-14-28(26)33-3)23(15-19)18-30(20(2)31)27-13-11-22-7-5-6-8-25(22)27/h5-10,12,14-16,27H,11,13,17-18H2,1-4H3/t27-/m0/s1. The molecule has 1 amide bonds. The van der Waals surface area contributed by atoms with Crippen molar-refractivity contribution in [2.75, 3.05) is 14.2 Å². The SMILES string of the molecule is COC(=O)Cc1ccc(OC)c(-c2ccc(C)cc2CN(C(C)=O)[C@H]2CCc3ccccc32)c1. The smallest absolute Gasteiger partial charge is 0.309 e. The first kappa shape index (κ1) is 23.6. The van der Waals surface area contributed by atoms with Crippen molar-refractivity contribution in [1.82, 2.24) is 4.90 Å². The third-order valence-corrected chi connectivity index (χ3v) is 6.61. The highest BCUT2D eigenvalue weighted by Gasteiger charge is 2.30. The molecule has 3 aromatic carbocycles. The summed E-state index contributed by atoms with van der Waals surface area (Å²) in [7, 11) is 3.03. The number of benzene rings is 3. The molecule has 0 bridgehead atoms. The van der Waals surface area contributed by atoms with E-state index in [4.69, 9.17) is 9.47 Å². The van der Waals surface area contributed by atoms with Crippen molar-refractivity contribution in [3.8, 4) is 16.9 Å². The number of ether oxygens (including phenoxy) is 2. The van der Waals surface area contributed by atoms with Gasteiger partial charge in [0, 0.05) is 19.0 Å². The van der Waals surface area contributed by atoms with Crippen molar-refractivity contribution in [2.45, 2.75) is 45.7 Å². The van der Waals surface area contributed by atoms with Crippen LogP contribution in [-0.4, -0.2) is 31.0 Å². The highest BCUT2D eigenvalue weighted by atomic mass is 16.5. The van der Waals surface area contributed by atoms with Gasteiger partial charge in [-0.05, 0) is 59.7 Å². The molecule has 3 aromatic rings. The average Bonchev–Trinajstić information content (AvgIpc) is 3.26. The lowest BCUT2D eigenvalue weighted by atomic mass is 9.94. The van der Waals surface area contributed by atoms with Gasteiger partial charge in [0.05, 0.1) is 26.7 Å². The first-order valence-corrected chi connectivity index (χ1v) is 11.6. The summed E-state index contributed by atoms with van der Waals surface area (Å²) in [5, 5.41) is 0. The van der Waals surface area contributed by atoms with Crippen LogP contribution in [0.1, 0.15) is 47.2 Å². The maximum atomic E-state index is 12.9. The summed E-state index contributed by atoms with van der Waals surface area (Å²) in [6, 6.07) is 20.5. The van der Waals surface area contributed by atoms with E-state index in [1.54, 1.807) is 14.0 Å². The van der Waals surface area contributed by atoms with Crippen molar-refractivity contribution in [2.24, 2.45) is 0 Å². The van der Waals surface area contributed by atoms with E-state index in [1.165, 1.54) is 18.2 Å². The molecule has 0 spiro atoms. The van der Waals surface area contributed by atoms with E-state index in [1.807, 2.05) is 29.2 Å². The van der Waals surface area contributed by atoms with E-state index < -0.39 is 0 Å². The molecule has 34 heavy (non-hydrogen) atoms. The average molecular weight is 458 g/mol. The number of fused-ring (bicyclic) bond motifs is 1. The van der Waals surface area contributed by atoms with Gasteiger partial charge in [-0.25, -0.2) is 0 Å². The van der Waals surface area contributed by atoms with Crippen LogP contribution >= 0.6 is 0 Å². The summed E-state index contributed by atoms with van der Waals surface area (Å²) in [5.41, 5.74) is 7.47. The fourth-order valence-electron chi connectivity index (χ4n) is 4.91. The van der Waals surface area contributed by atoms with Gasteiger partial charge in [-0.15, -0.1) is 0 Å². The lowest BCUT2D eigenvalue weighted by Crippen LogP contribution is -2.31. The van der Waals surface area contributed by atoms with E-state index in [9.17, 15) is 9.59 Å². The summed E-state index contributed by atoms with van der Waals surface area (Å²) < 4.78 is 10.5. The molecule has 0 fully saturated rings. The van der Waals surface area contributed by atoms with E-state index in [0.29, 0.717) is 6.54 Å². The van der Waals surface area contributed by atoms with Crippen molar-refractivity contribution < 1.29 is 19.1 Å². The maximum absolute atomic E-state index is 12.9. The molecule has 0 saturated carbocycles. The summed E-state index contributed by atoms with van der Waals surface area (Å²) in [5.74, 6) is 0.489. The van der Waals surface area contributed by atoms with Crippen molar-refractivity contribution >= 4 is 11.9 Å². The number of carbonyl (C=O) groups excluding carboxylic acids is 2. The molecular weight excluding hydrogens is 426 g/mol. The Hall–Kier alpha value is -3.60. The number of hydrogen-bond donors (Lipinski definition) is 0. The lowest BCUT2D eigenvalue weighted by Gasteiger charge is -2.30. The minimum atomic E-state index is -0.289. The molecule has 0 saturated heterocycles. The monoisotopic (exact) mass is 457 g/mol. The molecule has 0 heterocycles. The second kappa shape index (κ2) is 10.1. The molecule has 1 aliphatic carbocycles. The lowest BCUT2D eigenvalue weighted by molar-refractivity contribution is -0.139. The first-order chi connectivity index (χ1) is 16.4. The minimum absolute atomic E-state index is 0.0561. The molecule has 0 radical (unpaired) electrons. The van der Waals surface area contributed by atoms with Gasteiger partial charge in [-0.3, -0.25) is 9.59 Å². The summed E-state index contributed by atoms with van der Waals surface area (Å²) in [6.07, 6.45) is 2.10. The van der Waals surface area contributed by atoms with Crippen LogP contribution in [0.15, 0.2) is 60.7 Å². The fraction of sp³-hybridized carbons (Fsp3) is 0.310. The van der Waals surface area contributed by atoms with Crippen LogP contribution in [0.4, 0.5) is 0 Å². The van der Waals surface area contributed by atoms with Crippen molar-refractivity contribution in [3.05, 3.63) is 88.5 Å². The Morgan fingerprint density at radius 3 is 2.53 bits per heavy atom. The maximum Gasteiger partial charge on any atom is 0.309 e. The number of esters is 1. The van der Waals surface area contributed by atoms with Crippen molar-refractivity contribution in [1.29, 1.82) is 0 Å². The van der Waals surface area contributed by atoms with Gasteiger partial charge in [0.2, 0.25) is 5.91 Å². The van der Waals surface area contributed by atoms with Crippen molar-refractivity contribution in [3.63, 3.8) is 0 Å². The molecule has 176 valence electrons. The number of hydrogen-bond acceptors (Lipinski definition) is 4. The van der Waals surface area contributed by atoms with Gasteiger partial charge in [-0.2, -0.15) is 0 Å². The predicted molar refractivity (Wildman–Crippen MR) is 133 cm³/mol. The second-order valence-corrected chi connectivity index (χ2v) is 8.85. The Kier molecular flexibility index (Phi) is 7.01. The number of aryl methyl sites for hydroxylation is 2. The molecule has 0 N–H and O–H groups in total. The Labute approximate surface area is 201 Å². The number of nitrogens with zero attached hydrogens (tertiary/aromatic N) is 1. The molecule has 4 rings (SSSR count). The first-order valence-electron chi connectivity index (χ1n) is 11.6. The molecule has 0 unspecified atom stereocenters. The molecule has 0 aliphatic heterocycles. The van der Waals surface area contributed by atoms with Crippen LogP contribution in [0.5, 0.6) is 5.75 Å². The predicted octanol–water partition coefficient (Wildman–Crippen LogP) is 5.42. The number of rotatable bonds is 7. The Balaban J connectivity index is 1.75. The Bertz CT molecular complexity index is 1220. The van der Waals surface area contributed by atoms with Crippen LogP contribution in [0.2, 0.25) is 0 Å². The molecule has 0 aromatic heterocycles. The van der Waals surface area contributed by atoms with Crippen LogP contribution in [0, 0.1) is 6.92 Å². The van der Waals surface area contributed by atoms with E-state index in [-0.39, 0.29) is 24.3 Å². The van der Waals surface area contributed by atoms with Gasteiger partial charge in [0.25, 0.3) is 0 Å². The molecule has 5 nitrogen and oxygen atoms in total. The Morgan fingerprint density at radius 1 is 1.00 bits per heavy atom. The highest BCUT2D eigenvalue weighted by molar-refractivity contribution is 5.79. The van der Waals surface area contributed by atoms with Crippen LogP contribution in [-0.2, 0) is 33.7 Å². The number of carbonyl (C=O) groups is 2. The normalized spacial score (nSPS) is 14.4. The van der Waals surface area contributed by atoms with Gasteiger partial charge < -0.3 is 14.4 Å². The summed E-state index contributed by atoms with van der Waals surface area (Å²) in [6.45, 7) is 4.20. The highest BCUT2D eigenvalue weighted by Crippen LogP contribution is 2.39. The zero-order chi connectivity index (χ0) is 24.2. The largest absolute Gasteiger partial charge is 0.496 e. The van der Waals surface area contributed by atoms with Gasteiger partial charge in [0.1, 0.15) is 5.75 Å². The summed E-state index contributed by atoms with van der Waals surface area (Å²) in [4.78, 5) is 26.7. The topological polar surface area (TPSA) is 55.8 Å². The molecule has 5 heteroatoms. The molecule has 1 aliphatic rings. The quantitative estimate of drug-likeness (QED) is 0.445. The second-order valence-electron chi connectivity index (χ2n) is 8.85. The molecule has 1 atom stereocenters. The van der Waals surface area contributed by atoms with Crippen LogP contribution < -0.4 is 4.74 Å².